The molecule has 0 radical (unpaired) electrons. The van der Waals surface area contributed by atoms with E-state index in [1.165, 1.54) is 0 Å². The molecule has 0 bridgehead atoms. The van der Waals surface area contributed by atoms with Crippen molar-refractivity contribution in [3.63, 3.8) is 0 Å². The molecule has 9 heteroatoms. The molecule has 182 valence electrons. The Labute approximate surface area is 197 Å². The largest absolute Gasteiger partial charge is 0.356 e. The Balaban J connectivity index is 1.36. The molecule has 8 nitrogen and oxygen atoms in total. The van der Waals surface area contributed by atoms with E-state index in [0.717, 1.165) is 56.7 Å². The van der Waals surface area contributed by atoms with Crippen LogP contribution in [0.2, 0.25) is 0 Å². The minimum Gasteiger partial charge on any atom is -0.356 e. The second-order valence-corrected chi connectivity index (χ2v) is 11.7. The highest BCUT2D eigenvalue weighted by molar-refractivity contribution is 7.89. The number of sulfonamides is 1. The lowest BCUT2D eigenvalue weighted by Crippen LogP contribution is -2.35. The molecule has 2 aliphatic rings. The molecule has 2 saturated heterocycles. The highest BCUT2D eigenvalue weighted by atomic mass is 32.2. The molecule has 1 amide bonds. The van der Waals surface area contributed by atoms with Gasteiger partial charge in [-0.2, -0.15) is 4.31 Å². The molecule has 2 aliphatic heterocycles. The van der Waals surface area contributed by atoms with Crippen molar-refractivity contribution < 1.29 is 13.2 Å². The molecule has 1 aromatic carbocycles. The van der Waals surface area contributed by atoms with Gasteiger partial charge in [0.25, 0.3) is 0 Å². The molecular weight excluding hydrogens is 438 g/mol. The van der Waals surface area contributed by atoms with E-state index in [-0.39, 0.29) is 5.91 Å². The van der Waals surface area contributed by atoms with Crippen molar-refractivity contribution >= 4 is 27.0 Å². The van der Waals surface area contributed by atoms with Gasteiger partial charge < -0.3 is 14.8 Å². The summed E-state index contributed by atoms with van der Waals surface area (Å²) >= 11 is 0. The first kappa shape index (κ1) is 24.2. The summed E-state index contributed by atoms with van der Waals surface area (Å²) in [6, 6.07) is 5.72. The molecule has 2 fully saturated rings. The molecule has 1 N–H and O–H groups in total. The van der Waals surface area contributed by atoms with Crippen LogP contribution in [0.1, 0.15) is 51.8 Å². The van der Waals surface area contributed by atoms with Gasteiger partial charge in [0.15, 0.2) is 0 Å². The van der Waals surface area contributed by atoms with E-state index in [2.05, 4.69) is 29.0 Å². The zero-order valence-electron chi connectivity index (χ0n) is 20.1. The van der Waals surface area contributed by atoms with Crippen LogP contribution in [0.4, 0.5) is 0 Å². The number of rotatable bonds is 8. The molecule has 0 aliphatic carbocycles. The van der Waals surface area contributed by atoms with Gasteiger partial charge in [0, 0.05) is 52.1 Å². The zero-order valence-corrected chi connectivity index (χ0v) is 20.9. The lowest BCUT2D eigenvalue weighted by molar-refractivity contribution is -0.121. The first-order valence-electron chi connectivity index (χ1n) is 12.2. The maximum Gasteiger partial charge on any atom is 0.243 e. The summed E-state index contributed by atoms with van der Waals surface area (Å²) in [5.74, 6) is 1.35. The highest BCUT2D eigenvalue weighted by Crippen LogP contribution is 2.25. The maximum absolute atomic E-state index is 13.0. The Morgan fingerprint density at radius 3 is 2.64 bits per heavy atom. The normalized spacial score (nSPS) is 20.7. The third-order valence-electron chi connectivity index (χ3n) is 7.11. The van der Waals surface area contributed by atoms with Crippen LogP contribution in [0, 0.1) is 5.92 Å². The Kier molecular flexibility index (Phi) is 7.40. The first-order chi connectivity index (χ1) is 15.8. The van der Waals surface area contributed by atoms with Gasteiger partial charge in [0.2, 0.25) is 15.9 Å². The fourth-order valence-corrected chi connectivity index (χ4v) is 6.48. The highest BCUT2D eigenvalue weighted by Gasteiger charge is 2.27. The van der Waals surface area contributed by atoms with Crippen LogP contribution in [0.15, 0.2) is 23.1 Å². The number of fused-ring (bicyclic) bond motifs is 1. The molecule has 0 spiro atoms. The van der Waals surface area contributed by atoms with Crippen LogP contribution in [-0.2, 0) is 28.3 Å². The first-order valence-corrected chi connectivity index (χ1v) is 13.7. The Morgan fingerprint density at radius 2 is 1.94 bits per heavy atom. The van der Waals surface area contributed by atoms with Crippen molar-refractivity contribution in [1.29, 1.82) is 0 Å². The number of likely N-dealkylation sites (tertiary alicyclic amines) is 1. The predicted octanol–water partition coefficient (Wildman–Crippen LogP) is 2.53. The van der Waals surface area contributed by atoms with E-state index in [0.29, 0.717) is 48.3 Å². The summed E-state index contributed by atoms with van der Waals surface area (Å²) in [6.07, 6.45) is 4.93. The van der Waals surface area contributed by atoms with E-state index >= 15 is 0 Å². The second kappa shape index (κ2) is 10.1. The van der Waals surface area contributed by atoms with Crippen molar-refractivity contribution in [3.8, 4) is 0 Å². The van der Waals surface area contributed by atoms with Gasteiger partial charge in [0.05, 0.1) is 15.9 Å². The van der Waals surface area contributed by atoms with Gasteiger partial charge in [-0.05, 0) is 63.8 Å². The van der Waals surface area contributed by atoms with Gasteiger partial charge in [-0.1, -0.05) is 6.42 Å². The van der Waals surface area contributed by atoms with Crippen LogP contribution < -0.4 is 5.32 Å². The van der Waals surface area contributed by atoms with Crippen molar-refractivity contribution in [2.45, 2.75) is 63.3 Å². The molecule has 1 unspecified atom stereocenters. The lowest BCUT2D eigenvalue weighted by Gasteiger charge is -2.25. The van der Waals surface area contributed by atoms with Crippen molar-refractivity contribution in [2.75, 3.05) is 32.7 Å². The fourth-order valence-electron chi connectivity index (χ4n) is 4.94. The Hall–Kier alpha value is -1.97. The van der Waals surface area contributed by atoms with Crippen molar-refractivity contribution in [2.24, 2.45) is 13.0 Å². The number of nitrogens with zero attached hydrogens (tertiary/aromatic N) is 4. The van der Waals surface area contributed by atoms with Crippen LogP contribution in [0.5, 0.6) is 0 Å². The van der Waals surface area contributed by atoms with Crippen LogP contribution in [-0.4, -0.2) is 71.8 Å². The maximum atomic E-state index is 13.0. The molecule has 2 aromatic rings. The second-order valence-electron chi connectivity index (χ2n) is 9.75. The molecule has 1 atom stereocenters. The van der Waals surface area contributed by atoms with Crippen molar-refractivity contribution in [3.05, 3.63) is 24.0 Å². The van der Waals surface area contributed by atoms with E-state index in [1.807, 2.05) is 17.7 Å². The number of carbonyl (C=O) groups is 1. The smallest absolute Gasteiger partial charge is 0.243 e. The Bertz CT molecular complexity index is 1090. The standard InChI is InChI=1S/C24H37N5O3S/c1-18(2)28-14-11-19(17-28)16-25-24(30)10-9-23-26-21-15-20(7-8-22(21)27(23)3)33(31,32)29-12-5-4-6-13-29/h7-8,15,18-19H,4-6,9-14,16-17H2,1-3H3,(H,25,30). The van der Waals surface area contributed by atoms with E-state index in [4.69, 9.17) is 0 Å². The van der Waals surface area contributed by atoms with Crippen LogP contribution in [0.25, 0.3) is 11.0 Å². The summed E-state index contributed by atoms with van der Waals surface area (Å²) in [4.78, 5) is 19.8. The zero-order chi connectivity index (χ0) is 23.6. The number of amides is 1. The molecule has 3 heterocycles. The average Bonchev–Trinajstić information content (AvgIpc) is 3.41. The third-order valence-corrected chi connectivity index (χ3v) is 9.00. The predicted molar refractivity (Wildman–Crippen MR) is 129 cm³/mol. The van der Waals surface area contributed by atoms with E-state index < -0.39 is 10.0 Å². The summed E-state index contributed by atoms with van der Waals surface area (Å²) in [5.41, 5.74) is 1.54. The van der Waals surface area contributed by atoms with Gasteiger partial charge in [0.1, 0.15) is 5.82 Å². The van der Waals surface area contributed by atoms with Gasteiger partial charge in [-0.25, -0.2) is 13.4 Å². The minimum atomic E-state index is -3.49. The molecule has 4 rings (SSSR count). The van der Waals surface area contributed by atoms with Gasteiger partial charge >= 0.3 is 0 Å². The topological polar surface area (TPSA) is 87.5 Å². The number of imidazole rings is 1. The number of aromatic nitrogens is 2. The molecule has 33 heavy (non-hydrogen) atoms. The third kappa shape index (κ3) is 5.41. The number of aryl methyl sites for hydroxylation is 2. The van der Waals surface area contributed by atoms with E-state index in [9.17, 15) is 13.2 Å². The summed E-state index contributed by atoms with van der Waals surface area (Å²) in [5, 5.41) is 3.09. The van der Waals surface area contributed by atoms with Crippen molar-refractivity contribution in [1.82, 2.24) is 24.1 Å². The quantitative estimate of drug-likeness (QED) is 0.634. The minimum absolute atomic E-state index is 0.0402. The molecule has 0 saturated carbocycles. The summed E-state index contributed by atoms with van der Waals surface area (Å²) < 4.78 is 29.6. The molecular formula is C24H37N5O3S. The number of piperidine rings is 1. The SMILES string of the molecule is CC(C)N1CCC(CNC(=O)CCc2nc3cc(S(=O)(=O)N4CCCCC4)ccc3n2C)C1. The monoisotopic (exact) mass is 475 g/mol. The Morgan fingerprint density at radius 1 is 1.18 bits per heavy atom. The summed E-state index contributed by atoms with van der Waals surface area (Å²) in [7, 11) is -1.57. The number of hydrogen-bond acceptors (Lipinski definition) is 5. The van der Waals surface area contributed by atoms with Crippen LogP contribution >= 0.6 is 0 Å². The lowest BCUT2D eigenvalue weighted by atomic mass is 10.1. The van der Waals surface area contributed by atoms with Crippen LogP contribution in [0.3, 0.4) is 0 Å². The van der Waals surface area contributed by atoms with Gasteiger partial charge in [-0.15, -0.1) is 0 Å². The number of nitrogens with one attached hydrogen (secondary N) is 1. The average molecular weight is 476 g/mol. The molecule has 1 aromatic heterocycles. The number of carbonyl (C=O) groups excluding carboxylic acids is 1. The van der Waals surface area contributed by atoms with Gasteiger partial charge in [-0.3, -0.25) is 4.79 Å². The number of benzene rings is 1. The fraction of sp³-hybridized carbons (Fsp3) is 0.667. The summed E-state index contributed by atoms with van der Waals surface area (Å²) in [6.45, 7) is 8.47. The number of hydrogen-bond donors (Lipinski definition) is 1. The van der Waals surface area contributed by atoms with E-state index in [1.54, 1.807) is 16.4 Å².